The topological polar surface area (TPSA) is 52.6 Å². The highest BCUT2D eigenvalue weighted by Gasteiger charge is 2.25. The van der Waals surface area contributed by atoms with Crippen molar-refractivity contribution < 1.29 is 4.79 Å². The molecule has 2 fully saturated rings. The quantitative estimate of drug-likeness (QED) is 0.821. The lowest BCUT2D eigenvalue weighted by atomic mass is 10.0. The average molecular weight is 380 g/mol. The van der Waals surface area contributed by atoms with Crippen LogP contribution in [0, 0.1) is 20.8 Å². The Morgan fingerprint density at radius 1 is 0.857 bits per heavy atom. The van der Waals surface area contributed by atoms with Crippen LogP contribution in [-0.2, 0) is 0 Å². The van der Waals surface area contributed by atoms with Gasteiger partial charge >= 0.3 is 0 Å². The van der Waals surface area contributed by atoms with E-state index in [0.717, 1.165) is 60.3 Å². The van der Waals surface area contributed by atoms with Gasteiger partial charge in [-0.2, -0.15) is 4.98 Å². The lowest BCUT2D eigenvalue weighted by Crippen LogP contribution is -2.49. The first-order valence-electron chi connectivity index (χ1n) is 10.2. The molecule has 4 rings (SSSR count). The second kappa shape index (κ2) is 7.78. The van der Waals surface area contributed by atoms with Crippen LogP contribution in [0.4, 0.5) is 11.8 Å². The fraction of sp³-hybridized carbons (Fsp3) is 0.500. The number of aryl methyl sites for hydroxylation is 3. The third-order valence-electron chi connectivity index (χ3n) is 5.73. The minimum absolute atomic E-state index is 0.128. The van der Waals surface area contributed by atoms with Gasteiger partial charge in [0.05, 0.1) is 0 Å². The first-order valence-corrected chi connectivity index (χ1v) is 10.2. The Bertz CT molecular complexity index is 867. The van der Waals surface area contributed by atoms with Crippen LogP contribution in [0.1, 0.15) is 40.0 Å². The van der Waals surface area contributed by atoms with Gasteiger partial charge in [-0.25, -0.2) is 4.98 Å². The highest BCUT2D eigenvalue weighted by atomic mass is 16.2. The number of carbonyl (C=O) groups is 1. The van der Waals surface area contributed by atoms with E-state index in [4.69, 9.17) is 4.98 Å². The van der Waals surface area contributed by atoms with E-state index in [9.17, 15) is 4.79 Å². The van der Waals surface area contributed by atoms with Gasteiger partial charge in [0.2, 0.25) is 5.95 Å². The van der Waals surface area contributed by atoms with E-state index >= 15 is 0 Å². The fourth-order valence-corrected chi connectivity index (χ4v) is 4.03. The van der Waals surface area contributed by atoms with Crippen LogP contribution in [0.2, 0.25) is 0 Å². The van der Waals surface area contributed by atoms with Gasteiger partial charge in [0.1, 0.15) is 5.82 Å². The largest absolute Gasteiger partial charge is 0.356 e. The van der Waals surface area contributed by atoms with E-state index in [0.29, 0.717) is 13.1 Å². The molecule has 2 saturated heterocycles. The molecule has 3 heterocycles. The molecule has 0 radical (unpaired) electrons. The molecule has 0 unspecified atom stereocenters. The van der Waals surface area contributed by atoms with Crippen LogP contribution in [0.5, 0.6) is 0 Å². The van der Waals surface area contributed by atoms with E-state index in [1.54, 1.807) is 0 Å². The minimum atomic E-state index is 0.128. The Balaban J connectivity index is 1.45. The van der Waals surface area contributed by atoms with Gasteiger partial charge in [0, 0.05) is 56.6 Å². The second-order valence-electron chi connectivity index (χ2n) is 7.96. The van der Waals surface area contributed by atoms with Gasteiger partial charge in [0.25, 0.3) is 5.91 Å². The highest BCUT2D eigenvalue weighted by molar-refractivity contribution is 5.96. The molecule has 6 heteroatoms. The van der Waals surface area contributed by atoms with Crippen molar-refractivity contribution in [1.29, 1.82) is 0 Å². The number of piperazine rings is 1. The summed E-state index contributed by atoms with van der Waals surface area (Å²) in [6.07, 6.45) is 2.47. The number of hydrogen-bond acceptors (Lipinski definition) is 5. The monoisotopic (exact) mass is 379 g/mol. The third-order valence-corrected chi connectivity index (χ3v) is 5.73. The van der Waals surface area contributed by atoms with Crippen molar-refractivity contribution in [2.75, 3.05) is 49.1 Å². The molecule has 6 nitrogen and oxygen atoms in total. The van der Waals surface area contributed by atoms with Gasteiger partial charge < -0.3 is 14.7 Å². The first kappa shape index (κ1) is 18.7. The Kier molecular flexibility index (Phi) is 5.20. The maximum absolute atomic E-state index is 13.0. The molecule has 0 bridgehead atoms. The predicted molar refractivity (Wildman–Crippen MR) is 112 cm³/mol. The number of benzene rings is 1. The van der Waals surface area contributed by atoms with Crippen LogP contribution in [0.25, 0.3) is 0 Å². The summed E-state index contributed by atoms with van der Waals surface area (Å²) in [7, 11) is 0. The molecule has 0 aliphatic carbocycles. The second-order valence-corrected chi connectivity index (χ2v) is 7.96. The van der Waals surface area contributed by atoms with Gasteiger partial charge in [0.15, 0.2) is 0 Å². The molecule has 0 N–H and O–H groups in total. The molecule has 1 amide bonds. The zero-order valence-corrected chi connectivity index (χ0v) is 17.1. The number of hydrogen-bond donors (Lipinski definition) is 0. The van der Waals surface area contributed by atoms with Crippen molar-refractivity contribution in [1.82, 2.24) is 14.9 Å². The fourth-order valence-electron chi connectivity index (χ4n) is 4.03. The van der Waals surface area contributed by atoms with Crippen molar-refractivity contribution in [3.8, 4) is 0 Å². The summed E-state index contributed by atoms with van der Waals surface area (Å²) in [5, 5.41) is 0. The number of amides is 1. The van der Waals surface area contributed by atoms with E-state index in [1.165, 1.54) is 12.8 Å². The minimum Gasteiger partial charge on any atom is -0.356 e. The van der Waals surface area contributed by atoms with Gasteiger partial charge in [-0.15, -0.1) is 0 Å². The maximum Gasteiger partial charge on any atom is 0.254 e. The van der Waals surface area contributed by atoms with Crippen molar-refractivity contribution in [3.05, 3.63) is 46.6 Å². The summed E-state index contributed by atoms with van der Waals surface area (Å²) in [5.74, 6) is 1.96. The number of carbonyl (C=O) groups excluding carboxylic acids is 1. The molecule has 148 valence electrons. The Hall–Kier alpha value is -2.63. The summed E-state index contributed by atoms with van der Waals surface area (Å²) < 4.78 is 0. The lowest BCUT2D eigenvalue weighted by Gasteiger charge is -2.35. The van der Waals surface area contributed by atoms with Gasteiger partial charge in [-0.05, 0) is 45.2 Å². The highest BCUT2D eigenvalue weighted by Crippen LogP contribution is 2.22. The average Bonchev–Trinajstić information content (AvgIpc) is 3.24. The molecule has 0 saturated carbocycles. The van der Waals surface area contributed by atoms with E-state index in [2.05, 4.69) is 26.9 Å². The van der Waals surface area contributed by atoms with Crippen molar-refractivity contribution >= 4 is 17.7 Å². The van der Waals surface area contributed by atoms with E-state index in [1.807, 2.05) is 37.8 Å². The molecule has 1 aromatic carbocycles. The predicted octanol–water partition coefficient (Wildman–Crippen LogP) is 2.96. The van der Waals surface area contributed by atoms with Crippen LogP contribution in [-0.4, -0.2) is 60.0 Å². The van der Waals surface area contributed by atoms with Crippen LogP contribution < -0.4 is 9.80 Å². The van der Waals surface area contributed by atoms with Crippen molar-refractivity contribution in [2.45, 2.75) is 33.6 Å². The summed E-state index contributed by atoms with van der Waals surface area (Å²) >= 11 is 0. The van der Waals surface area contributed by atoms with Crippen LogP contribution in [0.15, 0.2) is 24.3 Å². The number of rotatable bonds is 3. The zero-order valence-electron chi connectivity index (χ0n) is 17.1. The molecule has 0 spiro atoms. The smallest absolute Gasteiger partial charge is 0.254 e. The standard InChI is InChI=1S/C22H29N5O/c1-16-6-7-17(2)19(14-16)21(28)26-10-12-27(13-11-26)22-23-18(3)15-20(24-22)25-8-4-5-9-25/h6-7,14-15H,4-5,8-13H2,1-3H3. The molecule has 1 aromatic heterocycles. The third kappa shape index (κ3) is 3.81. The Morgan fingerprint density at radius 3 is 2.29 bits per heavy atom. The Morgan fingerprint density at radius 2 is 1.57 bits per heavy atom. The van der Waals surface area contributed by atoms with E-state index in [-0.39, 0.29) is 5.91 Å². The molecule has 2 aliphatic rings. The van der Waals surface area contributed by atoms with Crippen molar-refractivity contribution in [2.24, 2.45) is 0 Å². The zero-order chi connectivity index (χ0) is 19.7. The summed E-state index contributed by atoms with van der Waals surface area (Å²) in [5.41, 5.74) is 3.97. The van der Waals surface area contributed by atoms with Gasteiger partial charge in [-0.1, -0.05) is 17.7 Å². The SMILES string of the molecule is Cc1ccc(C)c(C(=O)N2CCN(c3nc(C)cc(N4CCCC4)n3)CC2)c1. The normalized spacial score (nSPS) is 17.3. The van der Waals surface area contributed by atoms with Crippen LogP contribution >= 0.6 is 0 Å². The summed E-state index contributed by atoms with van der Waals surface area (Å²) in [6, 6.07) is 8.15. The lowest BCUT2D eigenvalue weighted by molar-refractivity contribution is 0.0745. The Labute approximate surface area is 167 Å². The van der Waals surface area contributed by atoms with Crippen LogP contribution in [0.3, 0.4) is 0 Å². The first-order chi connectivity index (χ1) is 13.5. The van der Waals surface area contributed by atoms with E-state index < -0.39 is 0 Å². The number of nitrogens with zero attached hydrogens (tertiary/aromatic N) is 5. The summed E-state index contributed by atoms with van der Waals surface area (Å²) in [6.45, 7) is 11.1. The molecule has 2 aliphatic heterocycles. The maximum atomic E-state index is 13.0. The summed E-state index contributed by atoms with van der Waals surface area (Å²) in [4.78, 5) is 29.0. The number of aromatic nitrogens is 2. The molecule has 28 heavy (non-hydrogen) atoms. The molecular weight excluding hydrogens is 350 g/mol. The molecule has 2 aromatic rings. The molecular formula is C22H29N5O. The molecule has 0 atom stereocenters. The van der Waals surface area contributed by atoms with Gasteiger partial charge in [-0.3, -0.25) is 4.79 Å². The van der Waals surface area contributed by atoms with Crippen molar-refractivity contribution in [3.63, 3.8) is 0 Å². The number of anilines is 2.